The summed E-state index contributed by atoms with van der Waals surface area (Å²) in [6.45, 7) is 8.90. The first-order valence-corrected chi connectivity index (χ1v) is 7.56. The maximum atomic E-state index is 12.4. The van der Waals surface area contributed by atoms with Crippen LogP contribution in [0.5, 0.6) is 0 Å². The topological polar surface area (TPSA) is 41.6 Å². The maximum absolute atomic E-state index is 12.4. The number of nitrogens with zero attached hydrogens (tertiary/aromatic N) is 1. The quantitative estimate of drug-likeness (QED) is 0.732. The number of likely N-dealkylation sites (tertiary alicyclic amines) is 1. The highest BCUT2D eigenvalue weighted by atomic mass is 16.6. The van der Waals surface area contributed by atoms with E-state index >= 15 is 0 Å². The molecule has 0 aromatic carbocycles. The van der Waals surface area contributed by atoms with Crippen LogP contribution in [-0.4, -0.2) is 41.8 Å². The molecule has 19 heavy (non-hydrogen) atoms. The van der Waals surface area contributed by atoms with Gasteiger partial charge in [0.2, 0.25) is 0 Å². The van der Waals surface area contributed by atoms with Crippen LogP contribution >= 0.6 is 0 Å². The molecular formula is C15H26N2O2. The van der Waals surface area contributed by atoms with Crippen LogP contribution in [-0.2, 0) is 4.74 Å². The first kappa shape index (κ1) is 13.2. The van der Waals surface area contributed by atoms with Gasteiger partial charge in [-0.3, -0.25) is 0 Å². The lowest BCUT2D eigenvalue weighted by Gasteiger charge is -2.33. The first-order chi connectivity index (χ1) is 8.84. The van der Waals surface area contributed by atoms with Gasteiger partial charge in [0, 0.05) is 24.0 Å². The fourth-order valence-electron chi connectivity index (χ4n) is 3.83. The smallest absolute Gasteiger partial charge is 0.410 e. The lowest BCUT2D eigenvalue weighted by atomic mass is 9.78. The second-order valence-electron chi connectivity index (χ2n) is 7.75. The lowest BCUT2D eigenvalue weighted by Crippen LogP contribution is -2.44. The van der Waals surface area contributed by atoms with Gasteiger partial charge in [-0.05, 0) is 59.4 Å². The number of carbonyl (C=O) groups excluding carboxylic acids is 1. The van der Waals surface area contributed by atoms with Gasteiger partial charge in [-0.2, -0.15) is 0 Å². The number of ether oxygens (including phenoxy) is 1. The molecule has 3 fully saturated rings. The zero-order valence-electron chi connectivity index (χ0n) is 12.4. The van der Waals surface area contributed by atoms with E-state index in [0.717, 1.165) is 32.5 Å². The van der Waals surface area contributed by atoms with E-state index < -0.39 is 5.60 Å². The summed E-state index contributed by atoms with van der Waals surface area (Å²) < 4.78 is 5.60. The minimum absolute atomic E-state index is 0.104. The van der Waals surface area contributed by atoms with Gasteiger partial charge in [0.25, 0.3) is 0 Å². The van der Waals surface area contributed by atoms with Crippen molar-refractivity contribution < 1.29 is 9.53 Å². The number of piperidine rings is 1. The molecule has 2 spiro atoms. The molecule has 4 heteroatoms. The zero-order chi connectivity index (χ0) is 13.7. The van der Waals surface area contributed by atoms with Crippen molar-refractivity contribution in [1.29, 1.82) is 0 Å². The number of carbonyl (C=O) groups is 1. The molecule has 1 amide bonds. The molecule has 0 radical (unpaired) electrons. The van der Waals surface area contributed by atoms with Crippen molar-refractivity contribution in [2.24, 2.45) is 5.41 Å². The highest BCUT2D eigenvalue weighted by molar-refractivity contribution is 5.70. The molecule has 0 bridgehead atoms. The Morgan fingerprint density at radius 3 is 2.53 bits per heavy atom. The molecule has 2 saturated heterocycles. The molecule has 1 aliphatic carbocycles. The monoisotopic (exact) mass is 266 g/mol. The maximum Gasteiger partial charge on any atom is 0.410 e. The number of rotatable bonds is 0. The van der Waals surface area contributed by atoms with Crippen LogP contribution < -0.4 is 5.32 Å². The summed E-state index contributed by atoms with van der Waals surface area (Å²) in [5.41, 5.74) is 0.0563. The van der Waals surface area contributed by atoms with Gasteiger partial charge >= 0.3 is 6.09 Å². The van der Waals surface area contributed by atoms with Crippen molar-refractivity contribution in [3.05, 3.63) is 0 Å². The van der Waals surface area contributed by atoms with E-state index in [1.165, 1.54) is 19.3 Å². The Bertz CT molecular complexity index is 376. The molecule has 3 rings (SSSR count). The van der Waals surface area contributed by atoms with Crippen LogP contribution in [0.15, 0.2) is 0 Å². The Hall–Kier alpha value is -0.770. The van der Waals surface area contributed by atoms with Gasteiger partial charge in [0.05, 0.1) is 0 Å². The molecule has 2 aliphatic heterocycles. The van der Waals surface area contributed by atoms with Gasteiger partial charge in [0.1, 0.15) is 5.60 Å². The Labute approximate surface area is 115 Å². The normalized spacial score (nSPS) is 32.9. The number of nitrogens with one attached hydrogen (secondary N) is 1. The van der Waals surface area contributed by atoms with Gasteiger partial charge < -0.3 is 15.0 Å². The second-order valence-corrected chi connectivity index (χ2v) is 7.75. The molecule has 108 valence electrons. The average Bonchev–Trinajstić information content (AvgIpc) is 2.97. The van der Waals surface area contributed by atoms with Crippen molar-refractivity contribution in [2.75, 3.05) is 19.6 Å². The van der Waals surface area contributed by atoms with Crippen molar-refractivity contribution in [3.8, 4) is 0 Å². The van der Waals surface area contributed by atoms with E-state index in [0.29, 0.717) is 5.41 Å². The summed E-state index contributed by atoms with van der Waals surface area (Å²) in [7, 11) is 0. The van der Waals surface area contributed by atoms with E-state index in [2.05, 4.69) is 5.32 Å². The summed E-state index contributed by atoms with van der Waals surface area (Å²) in [4.78, 5) is 14.5. The molecule has 3 aliphatic rings. The molecule has 1 unspecified atom stereocenters. The van der Waals surface area contributed by atoms with Crippen molar-refractivity contribution >= 4 is 6.09 Å². The predicted octanol–water partition coefficient (Wildman–Crippen LogP) is 2.53. The molecule has 1 saturated carbocycles. The standard InChI is InChI=1S/C15H26N2O2/c1-13(2,3)19-12(18)17-11-14(5-4-8-16-10-14)9-15(17)6-7-15/h16H,4-11H2,1-3H3. The van der Waals surface area contributed by atoms with Crippen LogP contribution in [0.1, 0.15) is 52.9 Å². The highest BCUT2D eigenvalue weighted by Crippen LogP contribution is 2.57. The Balaban J connectivity index is 1.73. The van der Waals surface area contributed by atoms with Gasteiger partial charge in [-0.25, -0.2) is 4.79 Å². The molecule has 1 N–H and O–H groups in total. The van der Waals surface area contributed by atoms with Crippen molar-refractivity contribution in [2.45, 2.75) is 64.0 Å². The van der Waals surface area contributed by atoms with E-state index in [9.17, 15) is 4.79 Å². The lowest BCUT2D eigenvalue weighted by molar-refractivity contribution is 0.0185. The molecule has 0 aromatic heterocycles. The van der Waals surface area contributed by atoms with Crippen molar-refractivity contribution in [3.63, 3.8) is 0 Å². The second kappa shape index (κ2) is 4.11. The van der Waals surface area contributed by atoms with E-state index in [1.807, 2.05) is 25.7 Å². The Morgan fingerprint density at radius 1 is 1.26 bits per heavy atom. The number of hydrogen-bond donors (Lipinski definition) is 1. The summed E-state index contributed by atoms with van der Waals surface area (Å²) in [6.07, 6.45) is 5.88. The summed E-state index contributed by atoms with van der Waals surface area (Å²) >= 11 is 0. The Kier molecular flexibility index (Phi) is 2.86. The van der Waals surface area contributed by atoms with Gasteiger partial charge in [-0.1, -0.05) is 0 Å². The minimum Gasteiger partial charge on any atom is -0.444 e. The third-order valence-electron chi connectivity index (χ3n) is 4.77. The van der Waals surface area contributed by atoms with Crippen LogP contribution in [0.25, 0.3) is 0 Å². The number of amides is 1. The SMILES string of the molecule is CC(C)(C)OC(=O)N1CC2(CCCNC2)CC12CC2. The third-order valence-corrected chi connectivity index (χ3v) is 4.77. The highest BCUT2D eigenvalue weighted by Gasteiger charge is 2.61. The average molecular weight is 266 g/mol. The van der Waals surface area contributed by atoms with Gasteiger partial charge in [0.15, 0.2) is 0 Å². The van der Waals surface area contributed by atoms with E-state index in [-0.39, 0.29) is 11.6 Å². The molecule has 2 heterocycles. The third kappa shape index (κ3) is 2.47. The largest absolute Gasteiger partial charge is 0.444 e. The minimum atomic E-state index is -0.395. The predicted molar refractivity (Wildman–Crippen MR) is 74.1 cm³/mol. The molecular weight excluding hydrogens is 240 g/mol. The first-order valence-electron chi connectivity index (χ1n) is 7.56. The summed E-state index contributed by atoms with van der Waals surface area (Å²) in [5.74, 6) is 0. The van der Waals surface area contributed by atoms with Crippen LogP contribution in [0.2, 0.25) is 0 Å². The molecule has 4 nitrogen and oxygen atoms in total. The fraction of sp³-hybridized carbons (Fsp3) is 0.933. The van der Waals surface area contributed by atoms with Crippen molar-refractivity contribution in [1.82, 2.24) is 10.2 Å². The Morgan fingerprint density at radius 2 is 2.00 bits per heavy atom. The van der Waals surface area contributed by atoms with E-state index in [4.69, 9.17) is 4.74 Å². The summed E-state index contributed by atoms with van der Waals surface area (Å²) in [5, 5.41) is 3.51. The van der Waals surface area contributed by atoms with Crippen LogP contribution in [0.4, 0.5) is 4.79 Å². The summed E-state index contributed by atoms with van der Waals surface area (Å²) in [6, 6.07) is 0. The van der Waals surface area contributed by atoms with Gasteiger partial charge in [-0.15, -0.1) is 0 Å². The molecule has 1 atom stereocenters. The molecule has 0 aromatic rings. The van der Waals surface area contributed by atoms with Crippen LogP contribution in [0, 0.1) is 5.41 Å². The zero-order valence-corrected chi connectivity index (χ0v) is 12.4. The number of hydrogen-bond acceptors (Lipinski definition) is 3. The fourth-order valence-corrected chi connectivity index (χ4v) is 3.83. The van der Waals surface area contributed by atoms with E-state index in [1.54, 1.807) is 0 Å². The van der Waals surface area contributed by atoms with Crippen LogP contribution in [0.3, 0.4) is 0 Å².